The molecule has 1 heterocycles. The predicted molar refractivity (Wildman–Crippen MR) is 80.8 cm³/mol. The van der Waals surface area contributed by atoms with Crippen LogP contribution in [0.15, 0.2) is 54.6 Å². The average molecular weight is 331 g/mol. The number of pyridine rings is 1. The smallest absolute Gasteiger partial charge is 0.416 e. The van der Waals surface area contributed by atoms with Crippen molar-refractivity contribution < 1.29 is 23.1 Å². The summed E-state index contributed by atoms with van der Waals surface area (Å²) in [7, 11) is 0. The number of carboxylic acids is 1. The molecule has 1 N–H and O–H groups in total. The first-order chi connectivity index (χ1) is 11.3. The number of benzene rings is 2. The number of aromatic carboxylic acids is 1. The third kappa shape index (κ3) is 3.15. The minimum absolute atomic E-state index is 0.0879. The molecule has 7 heteroatoms. The Morgan fingerprint density at radius 3 is 2.50 bits per heavy atom. The number of carbonyl (C=O) groups is 1. The van der Waals surface area contributed by atoms with Crippen molar-refractivity contribution in [3.63, 3.8) is 0 Å². The number of nitrogens with one attached hydrogen (secondary N) is 1. The van der Waals surface area contributed by atoms with Gasteiger partial charge in [-0.25, -0.2) is 4.98 Å². The Kier molecular flexibility index (Phi) is 3.84. The van der Waals surface area contributed by atoms with E-state index in [9.17, 15) is 23.1 Å². The maximum Gasteiger partial charge on any atom is 0.416 e. The van der Waals surface area contributed by atoms with Gasteiger partial charge in [-0.15, -0.1) is 0 Å². The summed E-state index contributed by atoms with van der Waals surface area (Å²) in [5.74, 6) is -1.27. The molecule has 0 amide bonds. The molecule has 4 nitrogen and oxygen atoms in total. The molecule has 1 aromatic heterocycles. The van der Waals surface area contributed by atoms with Gasteiger partial charge in [0.25, 0.3) is 0 Å². The maximum atomic E-state index is 12.8. The van der Waals surface area contributed by atoms with Crippen LogP contribution in [0.3, 0.4) is 0 Å². The topological polar surface area (TPSA) is 65.0 Å². The van der Waals surface area contributed by atoms with E-state index < -0.39 is 17.7 Å². The fourth-order valence-electron chi connectivity index (χ4n) is 2.33. The summed E-state index contributed by atoms with van der Waals surface area (Å²) >= 11 is 0. The van der Waals surface area contributed by atoms with Crippen LogP contribution in [0, 0.1) is 0 Å². The van der Waals surface area contributed by atoms with Gasteiger partial charge < -0.3 is 15.2 Å². The predicted octanol–water partition coefficient (Wildman–Crippen LogP) is 3.36. The van der Waals surface area contributed by atoms with E-state index in [4.69, 9.17) is 0 Å². The lowest BCUT2D eigenvalue weighted by Gasteiger charge is -2.13. The Morgan fingerprint density at radius 1 is 1.04 bits per heavy atom. The van der Waals surface area contributed by atoms with Crippen molar-refractivity contribution in [1.82, 2.24) is 4.98 Å². The van der Waals surface area contributed by atoms with Gasteiger partial charge in [-0.3, -0.25) is 0 Å². The number of nitrogens with zero attached hydrogens (tertiary/aromatic N) is 1. The number of carboxylic acid groups (broad SMARTS) is 1. The first kappa shape index (κ1) is 15.8. The molecule has 0 atom stereocenters. The highest BCUT2D eigenvalue weighted by atomic mass is 19.4. The number of hydrogen-bond acceptors (Lipinski definition) is 4. The fraction of sp³-hybridized carbons (Fsp3) is 0.0588. The Balaban J connectivity index is 2.03. The van der Waals surface area contributed by atoms with E-state index in [0.29, 0.717) is 10.9 Å². The Labute approximate surface area is 134 Å². The number of para-hydroxylation sites is 1. The van der Waals surface area contributed by atoms with Gasteiger partial charge in [-0.05, 0) is 30.3 Å². The van der Waals surface area contributed by atoms with Gasteiger partial charge in [-0.2, -0.15) is 13.2 Å². The Morgan fingerprint density at radius 2 is 1.79 bits per heavy atom. The molecule has 2 aromatic carbocycles. The number of carbonyl (C=O) groups excluding carboxylic acids is 1. The molecule has 3 rings (SSSR count). The number of rotatable bonds is 3. The van der Waals surface area contributed by atoms with E-state index in [0.717, 1.165) is 12.1 Å². The van der Waals surface area contributed by atoms with Crippen LogP contribution < -0.4 is 10.4 Å². The number of fused-ring (bicyclic) bond motifs is 1. The summed E-state index contributed by atoms with van der Waals surface area (Å²) in [5.41, 5.74) is -0.353. The average Bonchev–Trinajstić information content (AvgIpc) is 2.53. The van der Waals surface area contributed by atoms with Crippen molar-refractivity contribution in [2.75, 3.05) is 5.32 Å². The fourth-order valence-corrected chi connectivity index (χ4v) is 2.33. The van der Waals surface area contributed by atoms with E-state index in [1.54, 1.807) is 24.3 Å². The Hall–Kier alpha value is -3.09. The highest BCUT2D eigenvalue weighted by molar-refractivity contribution is 6.02. The molecule has 3 aromatic rings. The molecule has 0 saturated heterocycles. The molecule has 24 heavy (non-hydrogen) atoms. The minimum atomic E-state index is -4.47. The van der Waals surface area contributed by atoms with E-state index in [-0.39, 0.29) is 17.1 Å². The van der Waals surface area contributed by atoms with Gasteiger partial charge in [0.05, 0.1) is 17.0 Å². The zero-order valence-electron chi connectivity index (χ0n) is 12.1. The molecule has 0 aliphatic rings. The summed E-state index contributed by atoms with van der Waals surface area (Å²) in [4.78, 5) is 15.5. The first-order valence-electron chi connectivity index (χ1n) is 6.90. The number of anilines is 2. The van der Waals surface area contributed by atoms with Crippen molar-refractivity contribution >= 4 is 28.4 Å². The van der Waals surface area contributed by atoms with Crippen LogP contribution in [0.4, 0.5) is 24.7 Å². The Bertz CT molecular complexity index is 923. The largest absolute Gasteiger partial charge is 0.545 e. The maximum absolute atomic E-state index is 12.8. The SMILES string of the molecule is O=C([O-])c1cc(Nc2cccc(C(F)(F)F)c2)nc2ccccc12. The molecular weight excluding hydrogens is 321 g/mol. The second-order valence-electron chi connectivity index (χ2n) is 5.06. The quantitative estimate of drug-likeness (QED) is 0.799. The lowest BCUT2D eigenvalue weighted by atomic mass is 10.1. The molecule has 0 spiro atoms. The first-order valence-corrected chi connectivity index (χ1v) is 6.90. The van der Waals surface area contributed by atoms with Crippen LogP contribution in [0.5, 0.6) is 0 Å². The third-order valence-electron chi connectivity index (χ3n) is 3.40. The highest BCUT2D eigenvalue weighted by Gasteiger charge is 2.30. The van der Waals surface area contributed by atoms with Crippen LogP contribution in [0.25, 0.3) is 10.9 Å². The molecule has 0 unspecified atom stereocenters. The number of hydrogen-bond donors (Lipinski definition) is 1. The van der Waals surface area contributed by atoms with Crippen molar-refractivity contribution in [2.45, 2.75) is 6.18 Å². The lowest BCUT2D eigenvalue weighted by Crippen LogP contribution is -2.22. The van der Waals surface area contributed by atoms with Crippen LogP contribution in [-0.4, -0.2) is 11.0 Å². The van der Waals surface area contributed by atoms with Crippen LogP contribution in [0.2, 0.25) is 0 Å². The van der Waals surface area contributed by atoms with Crippen molar-refractivity contribution in [2.24, 2.45) is 0 Å². The zero-order valence-corrected chi connectivity index (χ0v) is 12.1. The molecule has 0 aliphatic carbocycles. The van der Waals surface area contributed by atoms with Crippen LogP contribution in [0.1, 0.15) is 15.9 Å². The minimum Gasteiger partial charge on any atom is -0.545 e. The second-order valence-corrected chi connectivity index (χ2v) is 5.06. The summed E-state index contributed by atoms with van der Waals surface area (Å²) in [5, 5.41) is 14.4. The second kappa shape index (κ2) is 5.84. The summed E-state index contributed by atoms with van der Waals surface area (Å²) in [6.45, 7) is 0. The molecule has 0 radical (unpaired) electrons. The van der Waals surface area contributed by atoms with Gasteiger partial charge in [0, 0.05) is 16.6 Å². The van der Waals surface area contributed by atoms with E-state index in [2.05, 4.69) is 10.3 Å². The van der Waals surface area contributed by atoms with E-state index >= 15 is 0 Å². The van der Waals surface area contributed by atoms with Gasteiger partial charge >= 0.3 is 6.18 Å². The standard InChI is InChI=1S/C17H11F3N2O2/c18-17(19,20)10-4-3-5-11(8-10)21-15-9-13(16(23)24)12-6-1-2-7-14(12)22-15/h1-9H,(H,21,22)(H,23,24)/p-1. The number of aromatic nitrogens is 1. The zero-order chi connectivity index (χ0) is 17.3. The third-order valence-corrected chi connectivity index (χ3v) is 3.40. The molecule has 0 aliphatic heterocycles. The van der Waals surface area contributed by atoms with Crippen LogP contribution in [-0.2, 0) is 6.18 Å². The van der Waals surface area contributed by atoms with Gasteiger partial charge in [-0.1, -0.05) is 24.3 Å². The van der Waals surface area contributed by atoms with Crippen molar-refractivity contribution in [3.8, 4) is 0 Å². The molecule has 0 saturated carbocycles. The van der Waals surface area contributed by atoms with Gasteiger partial charge in [0.1, 0.15) is 5.82 Å². The molecule has 0 bridgehead atoms. The number of halogens is 3. The van der Waals surface area contributed by atoms with Crippen LogP contribution >= 0.6 is 0 Å². The number of alkyl halides is 3. The van der Waals surface area contributed by atoms with E-state index in [1.165, 1.54) is 18.2 Å². The lowest BCUT2D eigenvalue weighted by molar-refractivity contribution is -0.254. The monoisotopic (exact) mass is 331 g/mol. The van der Waals surface area contributed by atoms with Gasteiger partial charge in [0.15, 0.2) is 0 Å². The normalized spacial score (nSPS) is 11.5. The summed E-state index contributed by atoms with van der Waals surface area (Å²) in [6, 6.07) is 12.3. The highest BCUT2D eigenvalue weighted by Crippen LogP contribution is 2.31. The van der Waals surface area contributed by atoms with Gasteiger partial charge in [0.2, 0.25) is 0 Å². The van der Waals surface area contributed by atoms with E-state index in [1.807, 2.05) is 0 Å². The molecular formula is C17H10F3N2O2-. The molecule has 0 fully saturated rings. The summed E-state index contributed by atoms with van der Waals surface area (Å²) in [6.07, 6.45) is -4.47. The summed E-state index contributed by atoms with van der Waals surface area (Å²) < 4.78 is 38.3. The van der Waals surface area contributed by atoms with Crippen molar-refractivity contribution in [3.05, 3.63) is 65.7 Å². The molecule has 122 valence electrons. The van der Waals surface area contributed by atoms with Crippen molar-refractivity contribution in [1.29, 1.82) is 0 Å².